The highest BCUT2D eigenvalue weighted by molar-refractivity contribution is 6.48. The van der Waals surface area contributed by atoms with Crippen LogP contribution in [0.5, 0.6) is 0 Å². The summed E-state index contributed by atoms with van der Waals surface area (Å²) in [6, 6.07) is 6.03. The van der Waals surface area contributed by atoms with Gasteiger partial charge in [-0.25, -0.2) is 0 Å². The normalized spacial score (nSPS) is 16.1. The summed E-state index contributed by atoms with van der Waals surface area (Å²) in [6.45, 7) is -1.50. The van der Waals surface area contributed by atoms with Gasteiger partial charge in [-0.05, 0) is 48.2 Å². The maximum Gasteiger partial charge on any atom is 0.405 e. The lowest BCUT2D eigenvalue weighted by atomic mass is 9.93. The Kier molecular flexibility index (Phi) is 8.84. The largest absolute Gasteiger partial charge is 0.405 e. The first-order chi connectivity index (χ1) is 17.0. The molecule has 1 atom stereocenters. The summed E-state index contributed by atoms with van der Waals surface area (Å²) in [4.78, 5) is 24.9. The third-order valence-electron chi connectivity index (χ3n) is 5.78. The van der Waals surface area contributed by atoms with Crippen molar-refractivity contribution >= 4 is 64.2 Å². The lowest BCUT2D eigenvalue weighted by Crippen LogP contribution is -2.39. The van der Waals surface area contributed by atoms with Crippen LogP contribution in [0.15, 0.2) is 36.4 Å². The van der Waals surface area contributed by atoms with Crippen LogP contribution in [-0.4, -0.2) is 30.6 Å². The van der Waals surface area contributed by atoms with Crippen molar-refractivity contribution in [1.82, 2.24) is 5.32 Å². The fourth-order valence-corrected chi connectivity index (χ4v) is 4.55. The molecule has 1 aliphatic rings. The topological polar surface area (TPSA) is 46.2 Å². The van der Waals surface area contributed by atoms with Crippen LogP contribution in [0.2, 0.25) is 20.1 Å². The second-order valence-corrected chi connectivity index (χ2v) is 10.2. The number of carbonyl (C=O) groups is 2. The monoisotopic (exact) mass is 605 g/mol. The van der Waals surface area contributed by atoms with Gasteiger partial charge >= 0.3 is 12.4 Å². The van der Waals surface area contributed by atoms with Crippen molar-refractivity contribution in [3.05, 3.63) is 73.2 Å². The van der Waals surface area contributed by atoms with Crippen molar-refractivity contribution in [2.45, 2.75) is 37.5 Å². The van der Waals surface area contributed by atoms with Gasteiger partial charge in [-0.15, -0.1) is 0 Å². The van der Waals surface area contributed by atoms with Crippen molar-refractivity contribution in [1.29, 1.82) is 0 Å². The Morgan fingerprint density at radius 2 is 1.54 bits per heavy atom. The van der Waals surface area contributed by atoms with Gasteiger partial charge in [0.15, 0.2) is 5.78 Å². The molecule has 200 valence electrons. The molecule has 1 saturated carbocycles. The molecule has 2 aromatic carbocycles. The number of Topliss-reactive ketones (excluding diaryl/α,β-unsaturated/α-hetero) is 1. The molecular formula is C24H17Cl4F6NO2. The molecule has 1 N–H and O–H groups in total. The van der Waals surface area contributed by atoms with E-state index in [4.69, 9.17) is 46.4 Å². The van der Waals surface area contributed by atoms with Crippen LogP contribution in [0.3, 0.4) is 0 Å². The Hall–Kier alpha value is -1.94. The standard InChI is InChI=1S/C24H17Cl4F6NO2/c25-16-7-12(2-4-15(24(32,33)34)13-8-17(26)20(28)18(27)9-13)1-3-14(16)19(36)10-22(5-6-22)21(37)35-11-23(29,30)31/h1-4,7-9,15H,5-6,10-11H2,(H,35,37)/b4-2+/t15-/m0/s1. The van der Waals surface area contributed by atoms with Gasteiger partial charge in [-0.3, -0.25) is 9.59 Å². The van der Waals surface area contributed by atoms with E-state index in [2.05, 4.69) is 0 Å². The second kappa shape index (κ2) is 11.0. The molecule has 1 amide bonds. The Morgan fingerprint density at radius 3 is 2.03 bits per heavy atom. The molecule has 2 aromatic rings. The zero-order chi connectivity index (χ0) is 27.8. The fraction of sp³-hybridized carbons (Fsp3) is 0.333. The molecule has 1 fully saturated rings. The molecular weight excluding hydrogens is 590 g/mol. The smallest absolute Gasteiger partial charge is 0.346 e. The average Bonchev–Trinajstić information content (AvgIpc) is 3.55. The highest BCUT2D eigenvalue weighted by atomic mass is 35.5. The SMILES string of the molecule is O=C(CC1(C(=O)NCC(F)(F)F)CC1)c1ccc(/C=C/[C@@H](c2cc(Cl)c(Cl)c(Cl)c2)C(F)(F)F)cc1Cl. The van der Waals surface area contributed by atoms with Crippen LogP contribution >= 0.6 is 46.4 Å². The predicted octanol–water partition coefficient (Wildman–Crippen LogP) is 8.69. The molecule has 0 radical (unpaired) electrons. The lowest BCUT2D eigenvalue weighted by molar-refractivity contribution is -0.141. The van der Waals surface area contributed by atoms with E-state index in [1.165, 1.54) is 18.2 Å². The number of amides is 1. The molecule has 3 nitrogen and oxygen atoms in total. The number of rotatable bonds is 8. The van der Waals surface area contributed by atoms with Crippen molar-refractivity contribution in [2.24, 2.45) is 5.41 Å². The maximum atomic E-state index is 13.7. The summed E-state index contributed by atoms with van der Waals surface area (Å²) in [5, 5.41) is 1.36. The summed E-state index contributed by atoms with van der Waals surface area (Å²) in [6.07, 6.45) is -7.10. The van der Waals surface area contributed by atoms with Gasteiger partial charge < -0.3 is 5.32 Å². The van der Waals surface area contributed by atoms with Gasteiger partial charge in [0.25, 0.3) is 0 Å². The van der Waals surface area contributed by atoms with E-state index in [-0.39, 0.29) is 56.0 Å². The van der Waals surface area contributed by atoms with Crippen molar-refractivity contribution < 1.29 is 35.9 Å². The highest BCUT2D eigenvalue weighted by Crippen LogP contribution is 2.50. The minimum Gasteiger partial charge on any atom is -0.346 e. The predicted molar refractivity (Wildman–Crippen MR) is 130 cm³/mol. The van der Waals surface area contributed by atoms with Gasteiger partial charge in [0.05, 0.1) is 31.4 Å². The number of halogens is 10. The van der Waals surface area contributed by atoms with Gasteiger partial charge in [-0.2, -0.15) is 26.3 Å². The van der Waals surface area contributed by atoms with Crippen LogP contribution in [0, 0.1) is 5.41 Å². The summed E-state index contributed by atoms with van der Waals surface area (Å²) in [5.41, 5.74) is -1.23. The van der Waals surface area contributed by atoms with E-state index in [1.54, 1.807) is 5.32 Å². The van der Waals surface area contributed by atoms with Crippen LogP contribution in [-0.2, 0) is 4.79 Å². The first-order valence-corrected chi connectivity index (χ1v) is 12.1. The second-order valence-electron chi connectivity index (χ2n) is 8.59. The number of carbonyl (C=O) groups excluding carboxylic acids is 2. The zero-order valence-electron chi connectivity index (χ0n) is 18.5. The molecule has 0 unspecified atom stereocenters. The maximum absolute atomic E-state index is 13.7. The van der Waals surface area contributed by atoms with Gasteiger partial charge in [0.1, 0.15) is 6.54 Å². The Morgan fingerprint density at radius 1 is 0.946 bits per heavy atom. The average molecular weight is 607 g/mol. The molecule has 0 spiro atoms. The lowest BCUT2D eigenvalue weighted by Gasteiger charge is -2.18. The number of nitrogens with one attached hydrogen (secondary N) is 1. The van der Waals surface area contributed by atoms with Gasteiger partial charge in [0, 0.05) is 12.0 Å². The van der Waals surface area contributed by atoms with E-state index in [0.29, 0.717) is 0 Å². The number of hydrogen-bond donors (Lipinski definition) is 1. The summed E-state index contributed by atoms with van der Waals surface area (Å²) in [5.74, 6) is -3.52. The zero-order valence-corrected chi connectivity index (χ0v) is 21.6. The Labute approximate surface area is 227 Å². The first-order valence-electron chi connectivity index (χ1n) is 10.6. The summed E-state index contributed by atoms with van der Waals surface area (Å²) >= 11 is 23.7. The number of hydrogen-bond acceptors (Lipinski definition) is 2. The quantitative estimate of drug-likeness (QED) is 0.186. The molecule has 0 saturated heterocycles. The van der Waals surface area contributed by atoms with Crippen molar-refractivity contribution in [2.75, 3.05) is 6.54 Å². The van der Waals surface area contributed by atoms with Gasteiger partial charge in [-0.1, -0.05) is 64.6 Å². The number of ketones is 1. The molecule has 13 heteroatoms. The van der Waals surface area contributed by atoms with Crippen LogP contribution in [0.25, 0.3) is 6.08 Å². The van der Waals surface area contributed by atoms with Crippen molar-refractivity contribution in [3.63, 3.8) is 0 Å². The van der Waals surface area contributed by atoms with Gasteiger partial charge in [0.2, 0.25) is 5.91 Å². The third-order valence-corrected chi connectivity index (χ3v) is 7.29. The molecule has 1 aliphatic carbocycles. The van der Waals surface area contributed by atoms with E-state index in [0.717, 1.165) is 24.3 Å². The van der Waals surface area contributed by atoms with E-state index in [1.807, 2.05) is 0 Å². The van der Waals surface area contributed by atoms with Crippen LogP contribution < -0.4 is 5.32 Å². The van der Waals surface area contributed by atoms with E-state index >= 15 is 0 Å². The molecule has 0 bridgehead atoms. The first kappa shape index (κ1) is 29.6. The fourth-order valence-electron chi connectivity index (χ4n) is 3.64. The van der Waals surface area contributed by atoms with Crippen molar-refractivity contribution in [3.8, 4) is 0 Å². The van der Waals surface area contributed by atoms with E-state index < -0.39 is 41.9 Å². The number of alkyl halides is 6. The minimum absolute atomic E-state index is 0.00245. The Bertz CT molecular complexity index is 1220. The summed E-state index contributed by atoms with van der Waals surface area (Å²) in [7, 11) is 0. The molecule has 0 aliphatic heterocycles. The molecule has 0 heterocycles. The molecule has 3 rings (SSSR count). The number of benzene rings is 2. The molecule has 0 aromatic heterocycles. The minimum atomic E-state index is -4.69. The summed E-state index contributed by atoms with van der Waals surface area (Å²) < 4.78 is 78.4. The molecule has 37 heavy (non-hydrogen) atoms. The Balaban J connectivity index is 1.76. The third kappa shape index (κ3) is 7.56. The highest BCUT2D eigenvalue weighted by Gasteiger charge is 2.51. The van der Waals surface area contributed by atoms with E-state index in [9.17, 15) is 35.9 Å². The number of allylic oxidation sites excluding steroid dienone is 1. The van der Waals surface area contributed by atoms with Crippen LogP contribution in [0.4, 0.5) is 26.3 Å². The van der Waals surface area contributed by atoms with Crippen LogP contribution in [0.1, 0.15) is 46.7 Å².